The van der Waals surface area contributed by atoms with Gasteiger partial charge in [0.05, 0.1) is 19.2 Å². The number of tetrazole rings is 1. The summed E-state index contributed by atoms with van der Waals surface area (Å²) in [7, 11) is 1.71. The second-order valence-electron chi connectivity index (χ2n) is 8.33. The third-order valence-electron chi connectivity index (χ3n) is 6.23. The molecule has 2 aliphatic rings. The van der Waals surface area contributed by atoms with Gasteiger partial charge < -0.3 is 9.64 Å². The van der Waals surface area contributed by atoms with E-state index in [1.165, 1.54) is 31.4 Å². The number of rotatable bonds is 6. The summed E-state index contributed by atoms with van der Waals surface area (Å²) in [4.78, 5) is 5.02. The highest BCUT2D eigenvalue weighted by Crippen LogP contribution is 2.34. The molecule has 0 spiro atoms. The molecule has 7 nitrogen and oxygen atoms in total. The maximum absolute atomic E-state index is 5.28. The minimum Gasteiger partial charge on any atom is -0.497 e. The molecule has 2 fully saturated rings. The molecule has 1 aromatic heterocycles. The standard InChI is InChI=1S/C21H32N6O/c1-16(2)20(21-22-23-24-27(21)18-6-4-5-7-18)26-14-12-25(13-15-26)17-8-10-19(28-3)11-9-17/h8-11,16,18,20H,4-7,12-15H2,1-3H3/t20-/m1/s1. The van der Waals surface area contributed by atoms with E-state index in [4.69, 9.17) is 4.74 Å². The van der Waals surface area contributed by atoms with Gasteiger partial charge in [-0.2, -0.15) is 0 Å². The average Bonchev–Trinajstić information content (AvgIpc) is 3.40. The van der Waals surface area contributed by atoms with Gasteiger partial charge in [-0.15, -0.1) is 5.10 Å². The fraction of sp³-hybridized carbons (Fsp3) is 0.667. The number of ether oxygens (including phenoxy) is 1. The third-order valence-corrected chi connectivity index (χ3v) is 6.23. The van der Waals surface area contributed by atoms with Crippen molar-refractivity contribution in [2.45, 2.75) is 51.6 Å². The first-order valence-corrected chi connectivity index (χ1v) is 10.6. The first kappa shape index (κ1) is 19.2. The molecule has 2 heterocycles. The highest BCUT2D eigenvalue weighted by atomic mass is 16.5. The van der Waals surface area contributed by atoms with Gasteiger partial charge in [-0.25, -0.2) is 4.68 Å². The van der Waals surface area contributed by atoms with E-state index in [1.54, 1.807) is 7.11 Å². The smallest absolute Gasteiger partial charge is 0.168 e. The third kappa shape index (κ3) is 3.85. The lowest BCUT2D eigenvalue weighted by Gasteiger charge is -2.41. The van der Waals surface area contributed by atoms with Crippen molar-refractivity contribution in [3.05, 3.63) is 30.1 Å². The molecule has 1 atom stereocenters. The summed E-state index contributed by atoms with van der Waals surface area (Å²) in [5.74, 6) is 2.43. The van der Waals surface area contributed by atoms with E-state index in [0.29, 0.717) is 12.0 Å². The maximum Gasteiger partial charge on any atom is 0.168 e. The zero-order chi connectivity index (χ0) is 19.5. The molecule has 1 aromatic carbocycles. The summed E-state index contributed by atoms with van der Waals surface area (Å²) in [5, 5.41) is 12.9. The molecular formula is C21H32N6O. The molecule has 7 heteroatoms. The van der Waals surface area contributed by atoms with Gasteiger partial charge in [0.1, 0.15) is 5.75 Å². The van der Waals surface area contributed by atoms with Crippen molar-refractivity contribution in [3.8, 4) is 5.75 Å². The van der Waals surface area contributed by atoms with Crippen molar-refractivity contribution < 1.29 is 4.74 Å². The number of anilines is 1. The molecule has 1 saturated heterocycles. The summed E-state index contributed by atoms with van der Waals surface area (Å²) in [6, 6.07) is 9.12. The van der Waals surface area contributed by atoms with Crippen LogP contribution in [0.15, 0.2) is 24.3 Å². The lowest BCUT2D eigenvalue weighted by atomic mass is 10.00. The number of hydrogen-bond acceptors (Lipinski definition) is 6. The number of aromatic nitrogens is 4. The number of nitrogens with zero attached hydrogens (tertiary/aromatic N) is 6. The summed E-state index contributed by atoms with van der Waals surface area (Å²) in [6.45, 7) is 8.64. The Morgan fingerprint density at radius 1 is 1.00 bits per heavy atom. The maximum atomic E-state index is 5.28. The molecule has 0 unspecified atom stereocenters. The van der Waals surface area contributed by atoms with E-state index in [-0.39, 0.29) is 6.04 Å². The van der Waals surface area contributed by atoms with Crippen LogP contribution in [0.5, 0.6) is 5.75 Å². The minimum atomic E-state index is 0.272. The van der Waals surface area contributed by atoms with Gasteiger partial charge in [-0.05, 0) is 53.5 Å². The van der Waals surface area contributed by atoms with E-state index >= 15 is 0 Å². The summed E-state index contributed by atoms with van der Waals surface area (Å²) < 4.78 is 7.41. The molecule has 4 rings (SSSR count). The zero-order valence-electron chi connectivity index (χ0n) is 17.3. The summed E-state index contributed by atoms with van der Waals surface area (Å²) in [5.41, 5.74) is 1.26. The van der Waals surface area contributed by atoms with Gasteiger partial charge in [-0.3, -0.25) is 4.90 Å². The Morgan fingerprint density at radius 3 is 2.29 bits per heavy atom. The van der Waals surface area contributed by atoms with Crippen molar-refractivity contribution in [3.63, 3.8) is 0 Å². The number of hydrogen-bond donors (Lipinski definition) is 0. The van der Waals surface area contributed by atoms with E-state index in [0.717, 1.165) is 37.8 Å². The predicted octanol–water partition coefficient (Wildman–Crippen LogP) is 3.32. The monoisotopic (exact) mass is 384 g/mol. The van der Waals surface area contributed by atoms with Crippen molar-refractivity contribution in [1.82, 2.24) is 25.1 Å². The Hall–Kier alpha value is -2.15. The fourth-order valence-corrected chi connectivity index (χ4v) is 4.74. The van der Waals surface area contributed by atoms with Crippen LogP contribution in [0, 0.1) is 5.92 Å². The van der Waals surface area contributed by atoms with Crippen LogP contribution in [0.2, 0.25) is 0 Å². The minimum absolute atomic E-state index is 0.272. The average molecular weight is 385 g/mol. The first-order valence-electron chi connectivity index (χ1n) is 10.6. The molecule has 0 amide bonds. The molecule has 0 N–H and O–H groups in total. The highest BCUT2D eigenvalue weighted by molar-refractivity contribution is 5.49. The molecule has 2 aromatic rings. The van der Waals surface area contributed by atoms with Crippen molar-refractivity contribution >= 4 is 5.69 Å². The van der Waals surface area contributed by atoms with Crippen molar-refractivity contribution in [2.75, 3.05) is 38.2 Å². The van der Waals surface area contributed by atoms with Crippen LogP contribution in [0.25, 0.3) is 0 Å². The molecule has 0 bridgehead atoms. The van der Waals surface area contributed by atoms with Gasteiger partial charge in [0, 0.05) is 31.9 Å². The number of piperazine rings is 1. The quantitative estimate of drug-likeness (QED) is 0.761. The van der Waals surface area contributed by atoms with Crippen LogP contribution in [-0.4, -0.2) is 58.4 Å². The Bertz CT molecular complexity index is 745. The first-order chi connectivity index (χ1) is 13.7. The van der Waals surface area contributed by atoms with Crippen LogP contribution in [-0.2, 0) is 0 Å². The van der Waals surface area contributed by atoms with Gasteiger partial charge in [-0.1, -0.05) is 26.7 Å². The van der Waals surface area contributed by atoms with E-state index < -0.39 is 0 Å². The summed E-state index contributed by atoms with van der Waals surface area (Å²) in [6.07, 6.45) is 4.98. The predicted molar refractivity (Wildman–Crippen MR) is 110 cm³/mol. The largest absolute Gasteiger partial charge is 0.497 e. The van der Waals surface area contributed by atoms with E-state index in [1.807, 2.05) is 12.1 Å². The van der Waals surface area contributed by atoms with E-state index in [9.17, 15) is 0 Å². The van der Waals surface area contributed by atoms with Crippen molar-refractivity contribution in [1.29, 1.82) is 0 Å². The van der Waals surface area contributed by atoms with Gasteiger partial charge in [0.25, 0.3) is 0 Å². The van der Waals surface area contributed by atoms with Crippen LogP contribution in [0.4, 0.5) is 5.69 Å². The Kier molecular flexibility index (Phi) is 5.80. The normalized spacial score (nSPS) is 20.1. The van der Waals surface area contributed by atoms with Crippen LogP contribution in [0.3, 0.4) is 0 Å². The molecule has 0 radical (unpaired) electrons. The Balaban J connectivity index is 1.46. The summed E-state index contributed by atoms with van der Waals surface area (Å²) >= 11 is 0. The molecule has 1 aliphatic heterocycles. The topological polar surface area (TPSA) is 59.3 Å². The van der Waals surface area contributed by atoms with Crippen LogP contribution >= 0.6 is 0 Å². The second-order valence-corrected chi connectivity index (χ2v) is 8.33. The molecule has 1 saturated carbocycles. The molecule has 152 valence electrons. The number of methoxy groups -OCH3 is 1. The van der Waals surface area contributed by atoms with Crippen LogP contribution < -0.4 is 9.64 Å². The zero-order valence-corrected chi connectivity index (χ0v) is 17.3. The Morgan fingerprint density at radius 2 is 1.68 bits per heavy atom. The van der Waals surface area contributed by atoms with Gasteiger partial charge in [0.15, 0.2) is 5.82 Å². The lowest BCUT2D eigenvalue weighted by molar-refractivity contribution is 0.132. The van der Waals surface area contributed by atoms with E-state index in [2.05, 4.69) is 56.0 Å². The van der Waals surface area contributed by atoms with Gasteiger partial charge in [0.2, 0.25) is 0 Å². The van der Waals surface area contributed by atoms with Crippen molar-refractivity contribution in [2.24, 2.45) is 5.92 Å². The SMILES string of the molecule is COc1ccc(N2CCN([C@@H](c3nnnn3C3CCCC3)C(C)C)CC2)cc1. The molecule has 1 aliphatic carbocycles. The molecular weight excluding hydrogens is 352 g/mol. The highest BCUT2D eigenvalue weighted by Gasteiger charge is 2.33. The van der Waals surface area contributed by atoms with Gasteiger partial charge >= 0.3 is 0 Å². The Labute approximate surface area is 167 Å². The second kappa shape index (κ2) is 8.47. The lowest BCUT2D eigenvalue weighted by Crippen LogP contribution is -2.49. The van der Waals surface area contributed by atoms with Crippen LogP contribution in [0.1, 0.15) is 57.4 Å². The fourth-order valence-electron chi connectivity index (χ4n) is 4.74. The molecule has 28 heavy (non-hydrogen) atoms. The number of benzene rings is 1.